The maximum Gasteiger partial charge on any atom is 0.241 e. The molecule has 3 heteroatoms. The maximum absolute atomic E-state index is 12.8. The minimum atomic E-state index is 0.0347. The van der Waals surface area contributed by atoms with Gasteiger partial charge in [-0.15, -0.1) is 0 Å². The largest absolute Gasteiger partial charge is 0.325 e. The van der Waals surface area contributed by atoms with E-state index in [4.69, 9.17) is 0 Å². The van der Waals surface area contributed by atoms with Crippen LogP contribution >= 0.6 is 0 Å². The minimum absolute atomic E-state index is 0.0347. The molecular formula is C17H32N2O. The number of carbonyl (C=O) groups excluding carboxylic acids is 1. The van der Waals surface area contributed by atoms with Crippen LogP contribution in [0, 0.1) is 17.3 Å². The average molecular weight is 280 g/mol. The van der Waals surface area contributed by atoms with Crippen LogP contribution in [0.3, 0.4) is 0 Å². The van der Waals surface area contributed by atoms with Crippen LogP contribution in [-0.4, -0.2) is 29.6 Å². The van der Waals surface area contributed by atoms with E-state index in [0.717, 1.165) is 19.4 Å². The molecule has 3 nitrogen and oxygen atoms in total. The van der Waals surface area contributed by atoms with Gasteiger partial charge in [0.2, 0.25) is 5.91 Å². The summed E-state index contributed by atoms with van der Waals surface area (Å²) in [6.07, 6.45) is 6.25. The third-order valence-corrected chi connectivity index (χ3v) is 5.32. The van der Waals surface area contributed by atoms with Crippen LogP contribution in [0.2, 0.25) is 0 Å². The van der Waals surface area contributed by atoms with Crippen molar-refractivity contribution in [3.63, 3.8) is 0 Å². The fourth-order valence-corrected chi connectivity index (χ4v) is 3.52. The Morgan fingerprint density at radius 2 is 2.00 bits per heavy atom. The molecule has 20 heavy (non-hydrogen) atoms. The molecule has 116 valence electrons. The predicted molar refractivity (Wildman–Crippen MR) is 83.3 cm³/mol. The number of nitrogens with one attached hydrogen (secondary N) is 1. The van der Waals surface area contributed by atoms with Crippen LogP contribution in [-0.2, 0) is 4.79 Å². The molecule has 1 saturated heterocycles. The quantitative estimate of drug-likeness (QED) is 0.809. The van der Waals surface area contributed by atoms with Gasteiger partial charge in [-0.2, -0.15) is 0 Å². The number of hydrogen-bond donors (Lipinski definition) is 1. The van der Waals surface area contributed by atoms with Crippen molar-refractivity contribution >= 4 is 5.91 Å². The highest BCUT2D eigenvalue weighted by Gasteiger charge is 2.45. The molecule has 3 unspecified atom stereocenters. The topological polar surface area (TPSA) is 32.3 Å². The van der Waals surface area contributed by atoms with Gasteiger partial charge in [0.25, 0.3) is 0 Å². The van der Waals surface area contributed by atoms with E-state index < -0.39 is 0 Å². The van der Waals surface area contributed by atoms with Crippen molar-refractivity contribution in [1.82, 2.24) is 10.2 Å². The van der Waals surface area contributed by atoms with Crippen molar-refractivity contribution in [3.8, 4) is 0 Å². The maximum atomic E-state index is 12.8. The van der Waals surface area contributed by atoms with Gasteiger partial charge in [0, 0.05) is 6.54 Å². The van der Waals surface area contributed by atoms with Gasteiger partial charge in [0.1, 0.15) is 0 Å². The SMILES string of the molecule is CCC(C)C1NC(CC(C)C)N(CC2(C)CCC2)C1=O. The Kier molecular flexibility index (Phi) is 4.78. The van der Waals surface area contributed by atoms with Crippen molar-refractivity contribution < 1.29 is 4.79 Å². The summed E-state index contributed by atoms with van der Waals surface area (Å²) in [5, 5.41) is 3.62. The number of amides is 1. The first kappa shape index (κ1) is 15.8. The van der Waals surface area contributed by atoms with Gasteiger partial charge in [-0.25, -0.2) is 0 Å². The fourth-order valence-electron chi connectivity index (χ4n) is 3.52. The van der Waals surface area contributed by atoms with Crippen LogP contribution in [0.1, 0.15) is 66.7 Å². The molecule has 2 fully saturated rings. The molecule has 0 aromatic rings. The highest BCUT2D eigenvalue weighted by atomic mass is 16.2. The number of hydrogen-bond acceptors (Lipinski definition) is 2. The Balaban J connectivity index is 2.09. The lowest BCUT2D eigenvalue weighted by molar-refractivity contribution is -0.133. The van der Waals surface area contributed by atoms with Gasteiger partial charge in [0.05, 0.1) is 12.2 Å². The normalized spacial score (nSPS) is 30.7. The summed E-state index contributed by atoms with van der Waals surface area (Å²) in [6.45, 7) is 12.1. The van der Waals surface area contributed by atoms with Crippen molar-refractivity contribution in [2.75, 3.05) is 6.54 Å². The second-order valence-electron chi connectivity index (χ2n) is 7.81. The van der Waals surface area contributed by atoms with Gasteiger partial charge in [-0.3, -0.25) is 10.1 Å². The lowest BCUT2D eigenvalue weighted by Crippen LogP contribution is -2.46. The Morgan fingerprint density at radius 3 is 2.45 bits per heavy atom. The van der Waals surface area contributed by atoms with E-state index >= 15 is 0 Å². The van der Waals surface area contributed by atoms with Crippen molar-refractivity contribution in [2.24, 2.45) is 17.3 Å². The van der Waals surface area contributed by atoms with Crippen molar-refractivity contribution in [1.29, 1.82) is 0 Å². The average Bonchev–Trinajstić information content (AvgIpc) is 2.64. The number of rotatable bonds is 6. The summed E-state index contributed by atoms with van der Waals surface area (Å²) in [4.78, 5) is 14.9. The number of nitrogens with zero attached hydrogens (tertiary/aromatic N) is 1. The molecule has 0 radical (unpaired) electrons. The fraction of sp³-hybridized carbons (Fsp3) is 0.941. The lowest BCUT2D eigenvalue weighted by Gasteiger charge is -2.42. The molecular weight excluding hydrogens is 248 g/mol. The third kappa shape index (κ3) is 3.19. The van der Waals surface area contributed by atoms with E-state index in [9.17, 15) is 4.79 Å². The minimum Gasteiger partial charge on any atom is -0.325 e. The van der Waals surface area contributed by atoms with Gasteiger partial charge >= 0.3 is 0 Å². The van der Waals surface area contributed by atoms with Gasteiger partial charge < -0.3 is 4.90 Å². The van der Waals surface area contributed by atoms with Crippen molar-refractivity contribution in [3.05, 3.63) is 0 Å². The van der Waals surface area contributed by atoms with Crippen LogP contribution in [0.4, 0.5) is 0 Å². The smallest absolute Gasteiger partial charge is 0.241 e. The highest BCUT2D eigenvalue weighted by molar-refractivity contribution is 5.84. The molecule has 0 aromatic heterocycles. The molecule has 0 bridgehead atoms. The van der Waals surface area contributed by atoms with E-state index in [1.54, 1.807) is 0 Å². The van der Waals surface area contributed by atoms with Crippen LogP contribution in [0.5, 0.6) is 0 Å². The molecule has 0 spiro atoms. The third-order valence-electron chi connectivity index (χ3n) is 5.32. The highest BCUT2D eigenvalue weighted by Crippen LogP contribution is 2.42. The predicted octanol–water partition coefficient (Wildman–Crippen LogP) is 3.40. The standard InChI is InChI=1S/C17H32N2O/c1-6-13(4)15-16(20)19(11-17(5)8-7-9-17)14(18-15)10-12(2)3/h12-15,18H,6-11H2,1-5H3. The van der Waals surface area contributed by atoms with E-state index in [1.807, 2.05) is 0 Å². The monoisotopic (exact) mass is 280 g/mol. The number of carbonyl (C=O) groups is 1. The van der Waals surface area contributed by atoms with E-state index in [2.05, 4.69) is 44.8 Å². The summed E-state index contributed by atoms with van der Waals surface area (Å²) in [7, 11) is 0. The molecule has 1 aliphatic heterocycles. The van der Waals surface area contributed by atoms with E-state index in [1.165, 1.54) is 19.3 Å². The Labute approximate surface area is 124 Å². The van der Waals surface area contributed by atoms with Crippen LogP contribution < -0.4 is 5.32 Å². The first-order chi connectivity index (χ1) is 9.36. The van der Waals surface area contributed by atoms with Gasteiger partial charge in [-0.05, 0) is 36.5 Å². The summed E-state index contributed by atoms with van der Waals surface area (Å²) >= 11 is 0. The van der Waals surface area contributed by atoms with E-state index in [0.29, 0.717) is 23.2 Å². The zero-order chi connectivity index (χ0) is 14.9. The Hall–Kier alpha value is -0.570. The summed E-state index contributed by atoms with van der Waals surface area (Å²) in [5.41, 5.74) is 0.372. The first-order valence-corrected chi connectivity index (χ1v) is 8.43. The summed E-state index contributed by atoms with van der Waals surface area (Å²) in [5.74, 6) is 1.39. The van der Waals surface area contributed by atoms with Crippen LogP contribution in [0.15, 0.2) is 0 Å². The molecule has 0 aromatic carbocycles. The first-order valence-electron chi connectivity index (χ1n) is 8.43. The molecule has 2 aliphatic rings. The summed E-state index contributed by atoms with van der Waals surface area (Å²) in [6, 6.07) is 0.0347. The zero-order valence-electron chi connectivity index (χ0n) is 13.9. The Bertz CT molecular complexity index is 349. The van der Waals surface area contributed by atoms with E-state index in [-0.39, 0.29) is 12.2 Å². The molecule has 1 saturated carbocycles. The second-order valence-corrected chi connectivity index (χ2v) is 7.81. The van der Waals surface area contributed by atoms with Crippen LogP contribution in [0.25, 0.3) is 0 Å². The molecule has 1 heterocycles. The van der Waals surface area contributed by atoms with Gasteiger partial charge in [-0.1, -0.05) is 47.5 Å². The molecule has 1 amide bonds. The second kappa shape index (κ2) is 6.05. The summed E-state index contributed by atoms with van der Waals surface area (Å²) < 4.78 is 0. The van der Waals surface area contributed by atoms with Crippen molar-refractivity contribution in [2.45, 2.75) is 78.9 Å². The molecule has 1 N–H and O–H groups in total. The Morgan fingerprint density at radius 1 is 1.35 bits per heavy atom. The zero-order valence-corrected chi connectivity index (χ0v) is 13.9. The van der Waals surface area contributed by atoms with Gasteiger partial charge in [0.15, 0.2) is 0 Å². The molecule has 3 atom stereocenters. The molecule has 2 rings (SSSR count). The molecule has 1 aliphatic carbocycles. The lowest BCUT2D eigenvalue weighted by atomic mass is 9.70.